The number of halogens is 2. The summed E-state index contributed by atoms with van der Waals surface area (Å²) in [5, 5.41) is 3.41. The molecule has 1 aliphatic rings. The van der Waals surface area contributed by atoms with Gasteiger partial charge in [0.05, 0.1) is 13.2 Å². The predicted octanol–water partition coefficient (Wildman–Crippen LogP) is 5.82. The predicted molar refractivity (Wildman–Crippen MR) is 110 cm³/mol. The van der Waals surface area contributed by atoms with Crippen molar-refractivity contribution in [1.29, 1.82) is 0 Å². The number of hydrogen-bond acceptors (Lipinski definition) is 3. The van der Waals surface area contributed by atoms with Crippen LogP contribution in [-0.4, -0.2) is 13.2 Å². The van der Waals surface area contributed by atoms with Crippen LogP contribution in [0.1, 0.15) is 18.1 Å². The third-order valence-electron chi connectivity index (χ3n) is 4.95. The third-order valence-corrected chi connectivity index (χ3v) is 4.95. The van der Waals surface area contributed by atoms with Crippen LogP contribution >= 0.6 is 0 Å². The van der Waals surface area contributed by atoms with Crippen LogP contribution in [0.15, 0.2) is 72.5 Å². The van der Waals surface area contributed by atoms with Crippen LogP contribution in [0.25, 0.3) is 5.57 Å². The summed E-state index contributed by atoms with van der Waals surface area (Å²) in [6.45, 7) is 1.98. The Labute approximate surface area is 168 Å². The van der Waals surface area contributed by atoms with Gasteiger partial charge in [-0.1, -0.05) is 12.1 Å². The zero-order valence-corrected chi connectivity index (χ0v) is 16.2. The minimum Gasteiger partial charge on any atom is -0.497 e. The van der Waals surface area contributed by atoms with Crippen LogP contribution in [0, 0.1) is 11.6 Å². The lowest BCUT2D eigenvalue weighted by Gasteiger charge is -2.28. The Morgan fingerprint density at radius 2 is 1.72 bits per heavy atom. The highest BCUT2D eigenvalue weighted by Gasteiger charge is 2.25. The van der Waals surface area contributed by atoms with E-state index in [0.717, 1.165) is 28.1 Å². The maximum atomic E-state index is 13.9. The molecule has 0 saturated heterocycles. The fraction of sp³-hybridized carbons (Fsp3) is 0.167. The van der Waals surface area contributed by atoms with Crippen molar-refractivity contribution in [1.82, 2.24) is 0 Å². The van der Waals surface area contributed by atoms with Gasteiger partial charge in [0.25, 0.3) is 0 Å². The number of fused-ring (bicyclic) bond motifs is 1. The summed E-state index contributed by atoms with van der Waals surface area (Å²) in [5.74, 6) is 1.43. The standard InChI is InChI=1S/C24H21F2NO2/c1-15(27-20-7-9-21(28-2)10-8-20)24-22(16-4-3-5-18(25)12-16)14-17-13-19(26)6-11-23(17)29-24/h3-13,15,27H,14H2,1-2H3. The number of allylic oxidation sites excluding steroid dienone is 1. The van der Waals surface area contributed by atoms with Gasteiger partial charge in [-0.25, -0.2) is 8.78 Å². The number of benzene rings is 3. The molecule has 0 bridgehead atoms. The average molecular weight is 393 g/mol. The average Bonchev–Trinajstić information content (AvgIpc) is 2.73. The molecule has 3 aromatic carbocycles. The number of hydrogen-bond donors (Lipinski definition) is 1. The fourth-order valence-electron chi connectivity index (χ4n) is 3.52. The molecule has 1 N–H and O–H groups in total. The first-order valence-electron chi connectivity index (χ1n) is 9.39. The first-order valence-corrected chi connectivity index (χ1v) is 9.39. The number of anilines is 1. The Hall–Kier alpha value is -3.34. The summed E-state index contributed by atoms with van der Waals surface area (Å²) in [7, 11) is 1.62. The van der Waals surface area contributed by atoms with Crippen LogP contribution in [0.3, 0.4) is 0 Å². The van der Waals surface area contributed by atoms with Crippen molar-refractivity contribution in [3.05, 3.63) is 95.3 Å². The molecule has 0 amide bonds. The SMILES string of the molecule is COc1ccc(NC(C)C2=C(c3cccc(F)c3)Cc3cc(F)ccc3O2)cc1. The van der Waals surface area contributed by atoms with Crippen LogP contribution < -0.4 is 14.8 Å². The second-order valence-corrected chi connectivity index (χ2v) is 6.98. The molecule has 29 heavy (non-hydrogen) atoms. The van der Waals surface area contributed by atoms with E-state index in [0.29, 0.717) is 17.9 Å². The zero-order chi connectivity index (χ0) is 20.4. The first-order chi connectivity index (χ1) is 14.0. The van der Waals surface area contributed by atoms with Crippen molar-refractivity contribution in [2.45, 2.75) is 19.4 Å². The summed E-state index contributed by atoms with van der Waals surface area (Å²) in [4.78, 5) is 0. The highest BCUT2D eigenvalue weighted by Crippen LogP contribution is 2.37. The molecule has 0 saturated carbocycles. The van der Waals surface area contributed by atoms with E-state index >= 15 is 0 Å². The van der Waals surface area contributed by atoms with Gasteiger partial charge in [-0.3, -0.25) is 0 Å². The van der Waals surface area contributed by atoms with Crippen LogP contribution in [-0.2, 0) is 6.42 Å². The summed E-state index contributed by atoms with van der Waals surface area (Å²) in [6.07, 6.45) is 0.459. The lowest BCUT2D eigenvalue weighted by Crippen LogP contribution is -2.26. The van der Waals surface area contributed by atoms with Crippen LogP contribution in [0.2, 0.25) is 0 Å². The molecule has 1 aliphatic heterocycles. The molecule has 0 aliphatic carbocycles. The van der Waals surface area contributed by atoms with Crippen molar-refractivity contribution in [2.75, 3.05) is 12.4 Å². The maximum absolute atomic E-state index is 13.9. The highest BCUT2D eigenvalue weighted by molar-refractivity contribution is 5.74. The van der Waals surface area contributed by atoms with E-state index in [9.17, 15) is 8.78 Å². The molecule has 1 atom stereocenters. The fourth-order valence-corrected chi connectivity index (χ4v) is 3.52. The molecule has 0 spiro atoms. The molecule has 0 aromatic heterocycles. The zero-order valence-electron chi connectivity index (χ0n) is 16.2. The summed E-state index contributed by atoms with van der Waals surface area (Å²) in [5.41, 5.74) is 3.19. The smallest absolute Gasteiger partial charge is 0.130 e. The normalized spacial score (nSPS) is 14.1. The van der Waals surface area contributed by atoms with E-state index in [4.69, 9.17) is 9.47 Å². The Kier molecular flexibility index (Phi) is 5.21. The first kappa shape index (κ1) is 19.0. The van der Waals surface area contributed by atoms with Gasteiger partial charge in [0.2, 0.25) is 0 Å². The second-order valence-electron chi connectivity index (χ2n) is 6.98. The minimum absolute atomic E-state index is 0.195. The third kappa shape index (κ3) is 4.09. The topological polar surface area (TPSA) is 30.5 Å². The molecule has 0 fully saturated rings. The molecule has 3 aromatic rings. The largest absolute Gasteiger partial charge is 0.497 e. The highest BCUT2D eigenvalue weighted by atomic mass is 19.1. The van der Waals surface area contributed by atoms with Gasteiger partial charge in [0.15, 0.2) is 0 Å². The molecular weight excluding hydrogens is 372 g/mol. The molecule has 3 nitrogen and oxygen atoms in total. The molecule has 1 heterocycles. The van der Waals surface area contributed by atoms with Crippen LogP contribution in [0.5, 0.6) is 11.5 Å². The van der Waals surface area contributed by atoms with Gasteiger partial charge < -0.3 is 14.8 Å². The van der Waals surface area contributed by atoms with Crippen molar-refractivity contribution in [3.8, 4) is 11.5 Å². The van der Waals surface area contributed by atoms with Gasteiger partial charge in [-0.05, 0) is 67.1 Å². The van der Waals surface area contributed by atoms with Gasteiger partial charge in [-0.2, -0.15) is 0 Å². The molecule has 0 radical (unpaired) electrons. The molecule has 5 heteroatoms. The number of ether oxygens (including phenoxy) is 2. The molecule has 1 unspecified atom stereocenters. The van der Waals surface area contributed by atoms with Crippen molar-refractivity contribution < 1.29 is 18.3 Å². The van der Waals surface area contributed by atoms with E-state index in [-0.39, 0.29) is 17.7 Å². The molecule has 148 valence electrons. The number of rotatable bonds is 5. The lowest BCUT2D eigenvalue weighted by atomic mass is 9.92. The Morgan fingerprint density at radius 3 is 2.45 bits per heavy atom. The summed E-state index contributed by atoms with van der Waals surface area (Å²) in [6, 6.07) is 18.2. The van der Waals surface area contributed by atoms with Crippen molar-refractivity contribution >= 4 is 11.3 Å². The minimum atomic E-state index is -0.324. The Bertz CT molecular complexity index is 1060. The quantitative estimate of drug-likeness (QED) is 0.592. The Balaban J connectivity index is 1.71. The lowest BCUT2D eigenvalue weighted by molar-refractivity contribution is 0.386. The van der Waals surface area contributed by atoms with Gasteiger partial charge in [0.1, 0.15) is 28.9 Å². The van der Waals surface area contributed by atoms with Crippen molar-refractivity contribution in [2.24, 2.45) is 0 Å². The van der Waals surface area contributed by atoms with Gasteiger partial charge in [0, 0.05) is 23.2 Å². The molecular formula is C24H21F2NO2. The monoisotopic (exact) mass is 393 g/mol. The number of methoxy groups -OCH3 is 1. The molecule has 4 rings (SSSR count). The second kappa shape index (κ2) is 7.95. The maximum Gasteiger partial charge on any atom is 0.130 e. The van der Waals surface area contributed by atoms with E-state index in [1.807, 2.05) is 37.3 Å². The summed E-state index contributed by atoms with van der Waals surface area (Å²) >= 11 is 0. The summed E-state index contributed by atoms with van der Waals surface area (Å²) < 4.78 is 39.0. The number of nitrogens with one attached hydrogen (secondary N) is 1. The van der Waals surface area contributed by atoms with E-state index in [1.54, 1.807) is 19.2 Å². The van der Waals surface area contributed by atoms with E-state index in [1.165, 1.54) is 24.3 Å². The van der Waals surface area contributed by atoms with Crippen molar-refractivity contribution in [3.63, 3.8) is 0 Å². The van der Waals surface area contributed by atoms with E-state index < -0.39 is 0 Å². The van der Waals surface area contributed by atoms with Gasteiger partial charge in [-0.15, -0.1) is 0 Å². The van der Waals surface area contributed by atoms with Gasteiger partial charge >= 0.3 is 0 Å². The van der Waals surface area contributed by atoms with E-state index in [2.05, 4.69) is 5.32 Å². The van der Waals surface area contributed by atoms with Crippen LogP contribution in [0.4, 0.5) is 14.5 Å². The Morgan fingerprint density at radius 1 is 0.966 bits per heavy atom.